The fourth-order valence-corrected chi connectivity index (χ4v) is 3.84. The first-order valence-corrected chi connectivity index (χ1v) is 10.6. The zero-order chi connectivity index (χ0) is 21.7. The van der Waals surface area contributed by atoms with E-state index < -0.39 is 5.82 Å². The summed E-state index contributed by atoms with van der Waals surface area (Å²) in [5.41, 5.74) is 2.34. The zero-order valence-electron chi connectivity index (χ0n) is 17.3. The van der Waals surface area contributed by atoms with Gasteiger partial charge in [-0.15, -0.1) is 0 Å². The van der Waals surface area contributed by atoms with Gasteiger partial charge in [-0.1, -0.05) is 29.8 Å². The van der Waals surface area contributed by atoms with Gasteiger partial charge in [0.2, 0.25) is 0 Å². The van der Waals surface area contributed by atoms with Crippen LogP contribution in [0.5, 0.6) is 0 Å². The van der Waals surface area contributed by atoms with Gasteiger partial charge in [-0.25, -0.2) is 9.18 Å². The van der Waals surface area contributed by atoms with Crippen LogP contribution in [0.3, 0.4) is 0 Å². The zero-order valence-corrected chi connectivity index (χ0v) is 18.0. The minimum absolute atomic E-state index is 0.0344. The fraction of sp³-hybridized carbons (Fsp3) is 0.391. The molecule has 160 valence electrons. The van der Waals surface area contributed by atoms with E-state index in [1.54, 1.807) is 12.1 Å². The maximum Gasteiger partial charge on any atom is 0.317 e. The summed E-state index contributed by atoms with van der Waals surface area (Å²) in [5, 5.41) is 5.82. The van der Waals surface area contributed by atoms with Crippen molar-refractivity contribution in [2.45, 2.75) is 45.2 Å². The Balaban J connectivity index is 1.64. The number of hydrogen-bond donors (Lipinski definition) is 2. The first-order valence-electron chi connectivity index (χ1n) is 10.2. The lowest BCUT2D eigenvalue weighted by Crippen LogP contribution is -2.47. The number of halogens is 2. The third kappa shape index (κ3) is 5.72. The summed E-state index contributed by atoms with van der Waals surface area (Å²) in [7, 11) is 0. The van der Waals surface area contributed by atoms with Gasteiger partial charge >= 0.3 is 6.03 Å². The predicted octanol–water partition coefficient (Wildman–Crippen LogP) is 4.71. The SMILES string of the molecule is CC(C)NC(=O)N1CCC[C@@H](c2cccc(C(=O)NCc3ccc(F)c(Cl)c3)c2)C1. The molecule has 5 nitrogen and oxygen atoms in total. The van der Waals surface area contributed by atoms with Crippen LogP contribution in [0, 0.1) is 5.82 Å². The van der Waals surface area contributed by atoms with Gasteiger partial charge < -0.3 is 15.5 Å². The van der Waals surface area contributed by atoms with E-state index in [0.717, 1.165) is 30.5 Å². The highest BCUT2D eigenvalue weighted by Crippen LogP contribution is 2.27. The molecule has 1 heterocycles. The summed E-state index contributed by atoms with van der Waals surface area (Å²) in [6.07, 6.45) is 1.91. The van der Waals surface area contributed by atoms with E-state index >= 15 is 0 Å². The van der Waals surface area contributed by atoms with Gasteiger partial charge in [-0.2, -0.15) is 0 Å². The van der Waals surface area contributed by atoms with Crippen LogP contribution in [-0.2, 0) is 6.54 Å². The topological polar surface area (TPSA) is 61.4 Å². The van der Waals surface area contributed by atoms with Crippen LogP contribution in [0.2, 0.25) is 5.02 Å². The van der Waals surface area contributed by atoms with E-state index in [-0.39, 0.29) is 35.5 Å². The molecule has 7 heteroatoms. The van der Waals surface area contributed by atoms with Crippen molar-refractivity contribution in [3.63, 3.8) is 0 Å². The van der Waals surface area contributed by atoms with Crippen molar-refractivity contribution in [1.82, 2.24) is 15.5 Å². The summed E-state index contributed by atoms with van der Waals surface area (Å²) < 4.78 is 13.3. The largest absolute Gasteiger partial charge is 0.348 e. The molecule has 0 unspecified atom stereocenters. The Morgan fingerprint density at radius 3 is 2.77 bits per heavy atom. The summed E-state index contributed by atoms with van der Waals surface area (Å²) >= 11 is 5.79. The number of likely N-dealkylation sites (tertiary alicyclic amines) is 1. The summed E-state index contributed by atoms with van der Waals surface area (Å²) in [6.45, 7) is 5.53. The summed E-state index contributed by atoms with van der Waals surface area (Å²) in [6, 6.07) is 12.0. The van der Waals surface area contributed by atoms with Crippen molar-refractivity contribution in [2.75, 3.05) is 13.1 Å². The molecule has 1 aliphatic rings. The molecule has 1 fully saturated rings. The predicted molar refractivity (Wildman–Crippen MR) is 116 cm³/mol. The van der Waals surface area contributed by atoms with Crippen LogP contribution >= 0.6 is 11.6 Å². The molecule has 3 rings (SSSR count). The molecule has 0 spiro atoms. The maximum atomic E-state index is 13.3. The van der Waals surface area contributed by atoms with Crippen LogP contribution in [0.15, 0.2) is 42.5 Å². The molecule has 2 N–H and O–H groups in total. The lowest BCUT2D eigenvalue weighted by atomic mass is 9.89. The molecule has 30 heavy (non-hydrogen) atoms. The van der Waals surface area contributed by atoms with Gasteiger partial charge in [-0.05, 0) is 62.1 Å². The van der Waals surface area contributed by atoms with Crippen LogP contribution in [-0.4, -0.2) is 36.0 Å². The molecule has 0 radical (unpaired) electrons. The smallest absolute Gasteiger partial charge is 0.317 e. The highest BCUT2D eigenvalue weighted by Gasteiger charge is 2.25. The molecule has 1 saturated heterocycles. The Kier molecular flexibility index (Phi) is 7.32. The number of hydrogen-bond acceptors (Lipinski definition) is 2. The second-order valence-corrected chi connectivity index (χ2v) is 8.35. The van der Waals surface area contributed by atoms with Crippen molar-refractivity contribution in [3.8, 4) is 0 Å². The minimum Gasteiger partial charge on any atom is -0.348 e. The lowest BCUT2D eigenvalue weighted by molar-refractivity contribution is 0.0950. The van der Waals surface area contributed by atoms with E-state index in [2.05, 4.69) is 10.6 Å². The molecule has 0 aliphatic carbocycles. The molecule has 0 saturated carbocycles. The van der Waals surface area contributed by atoms with Crippen molar-refractivity contribution < 1.29 is 14.0 Å². The second-order valence-electron chi connectivity index (χ2n) is 7.95. The second kappa shape index (κ2) is 9.94. The summed E-state index contributed by atoms with van der Waals surface area (Å²) in [5.74, 6) is -0.495. The molecule has 0 bridgehead atoms. The van der Waals surface area contributed by atoms with Crippen molar-refractivity contribution in [3.05, 3.63) is 70.0 Å². The van der Waals surface area contributed by atoms with Crippen molar-refractivity contribution in [2.24, 2.45) is 0 Å². The standard InChI is InChI=1S/C23H27ClFN3O2/c1-15(2)27-23(30)28-10-4-7-19(14-28)17-5-3-6-18(12-17)22(29)26-13-16-8-9-21(25)20(24)11-16/h3,5-6,8-9,11-12,15,19H,4,7,10,13-14H2,1-2H3,(H,26,29)(H,27,30)/t19-/m1/s1. The van der Waals surface area contributed by atoms with Crippen LogP contribution < -0.4 is 10.6 Å². The summed E-state index contributed by atoms with van der Waals surface area (Å²) in [4.78, 5) is 26.8. The van der Waals surface area contributed by atoms with Crippen molar-refractivity contribution in [1.29, 1.82) is 0 Å². The Morgan fingerprint density at radius 1 is 1.23 bits per heavy atom. The maximum absolute atomic E-state index is 13.3. The third-order valence-electron chi connectivity index (χ3n) is 5.18. The van der Waals surface area contributed by atoms with E-state index in [0.29, 0.717) is 12.1 Å². The number of benzene rings is 2. The Bertz CT molecular complexity index is 919. The average Bonchev–Trinajstić information content (AvgIpc) is 2.74. The Morgan fingerprint density at radius 2 is 2.03 bits per heavy atom. The molecule has 2 aromatic rings. The number of urea groups is 1. The third-order valence-corrected chi connectivity index (χ3v) is 5.47. The van der Waals surface area contributed by atoms with E-state index in [1.165, 1.54) is 12.1 Å². The van der Waals surface area contributed by atoms with Gasteiger partial charge in [0.25, 0.3) is 5.91 Å². The average molecular weight is 432 g/mol. The molecular weight excluding hydrogens is 405 g/mol. The Hall–Kier alpha value is -2.60. The van der Waals surface area contributed by atoms with Crippen LogP contribution in [0.4, 0.5) is 9.18 Å². The number of rotatable bonds is 5. The van der Waals surface area contributed by atoms with E-state index in [4.69, 9.17) is 11.6 Å². The highest BCUT2D eigenvalue weighted by atomic mass is 35.5. The fourth-order valence-electron chi connectivity index (χ4n) is 3.64. The van der Waals surface area contributed by atoms with E-state index in [1.807, 2.05) is 36.9 Å². The van der Waals surface area contributed by atoms with Crippen LogP contribution in [0.1, 0.15) is 54.1 Å². The number of carbonyl (C=O) groups is 2. The molecule has 1 atom stereocenters. The molecule has 2 aromatic carbocycles. The van der Waals surface area contributed by atoms with Gasteiger partial charge in [-0.3, -0.25) is 4.79 Å². The Labute approximate surface area is 181 Å². The van der Waals surface area contributed by atoms with Crippen molar-refractivity contribution >= 4 is 23.5 Å². The van der Waals surface area contributed by atoms with Gasteiger partial charge in [0, 0.05) is 37.2 Å². The van der Waals surface area contributed by atoms with Gasteiger partial charge in [0.05, 0.1) is 5.02 Å². The molecular formula is C23H27ClFN3O2. The number of amides is 3. The number of piperidine rings is 1. The van der Waals surface area contributed by atoms with Crippen LogP contribution in [0.25, 0.3) is 0 Å². The number of nitrogens with zero attached hydrogens (tertiary/aromatic N) is 1. The van der Waals surface area contributed by atoms with Gasteiger partial charge in [0.15, 0.2) is 0 Å². The van der Waals surface area contributed by atoms with E-state index in [9.17, 15) is 14.0 Å². The number of nitrogens with one attached hydrogen (secondary N) is 2. The molecule has 1 aliphatic heterocycles. The molecule has 3 amide bonds. The quantitative estimate of drug-likeness (QED) is 0.720. The first kappa shape index (κ1) is 22.1. The highest BCUT2D eigenvalue weighted by molar-refractivity contribution is 6.30. The minimum atomic E-state index is -0.483. The van der Waals surface area contributed by atoms with Gasteiger partial charge in [0.1, 0.15) is 5.82 Å². The first-order chi connectivity index (χ1) is 14.3. The lowest BCUT2D eigenvalue weighted by Gasteiger charge is -2.33. The number of carbonyl (C=O) groups excluding carboxylic acids is 2. The normalized spacial score (nSPS) is 16.4. The molecule has 0 aromatic heterocycles. The monoisotopic (exact) mass is 431 g/mol.